The highest BCUT2D eigenvalue weighted by molar-refractivity contribution is 7.22. The van der Waals surface area contributed by atoms with Gasteiger partial charge in [-0.2, -0.15) is 0 Å². The van der Waals surface area contributed by atoms with Crippen LogP contribution in [0.1, 0.15) is 26.7 Å². The number of methoxy groups -OCH3 is 1. The Morgan fingerprint density at radius 1 is 1.33 bits per heavy atom. The molecular weight excluding hydrogens is 322 g/mol. The molecule has 24 heavy (non-hydrogen) atoms. The van der Waals surface area contributed by atoms with Crippen LogP contribution in [0.5, 0.6) is 5.75 Å². The van der Waals surface area contributed by atoms with Gasteiger partial charge in [-0.3, -0.25) is 4.79 Å². The van der Waals surface area contributed by atoms with Gasteiger partial charge in [-0.15, -0.1) is 0 Å². The van der Waals surface area contributed by atoms with Crippen molar-refractivity contribution in [3.05, 3.63) is 18.2 Å². The van der Waals surface area contributed by atoms with Crippen LogP contribution in [-0.4, -0.2) is 49.1 Å². The lowest BCUT2D eigenvalue weighted by molar-refractivity contribution is -0.136. The molecule has 0 aliphatic carbocycles. The average Bonchev–Trinajstić information content (AvgIpc) is 2.96. The number of amides is 1. The van der Waals surface area contributed by atoms with E-state index < -0.39 is 0 Å². The van der Waals surface area contributed by atoms with Crippen LogP contribution in [0.2, 0.25) is 0 Å². The van der Waals surface area contributed by atoms with Crippen LogP contribution >= 0.6 is 11.3 Å². The number of benzene rings is 1. The normalized spacial score (nSPS) is 14.7. The quantitative estimate of drug-likeness (QED) is 0.770. The summed E-state index contributed by atoms with van der Waals surface area (Å²) in [5, 5.41) is 0.982. The molecule has 0 spiro atoms. The maximum Gasteiger partial charge on any atom is 0.229 e. The predicted octanol–water partition coefficient (Wildman–Crippen LogP) is 3.39. The summed E-state index contributed by atoms with van der Waals surface area (Å²) in [5.74, 6) is 1.21. The van der Waals surface area contributed by atoms with Crippen molar-refractivity contribution in [3.8, 4) is 5.75 Å². The van der Waals surface area contributed by atoms with E-state index >= 15 is 0 Å². The molecule has 1 saturated heterocycles. The second-order valence-electron chi connectivity index (χ2n) is 6.23. The standard InChI is InChI=1S/C18H25N3O2S/c1-4-9-20(10-5-2)17(22)13-11-21(12-13)18-19-16-14(23-3)7-6-8-15(16)24-18/h6-8,13H,4-5,9-12H2,1-3H3. The summed E-state index contributed by atoms with van der Waals surface area (Å²) in [6.45, 7) is 7.51. The smallest absolute Gasteiger partial charge is 0.229 e. The van der Waals surface area contributed by atoms with E-state index in [0.29, 0.717) is 5.91 Å². The number of rotatable bonds is 7. The maximum atomic E-state index is 12.6. The molecule has 1 aliphatic heterocycles. The number of fused-ring (bicyclic) bond motifs is 1. The molecule has 130 valence electrons. The van der Waals surface area contributed by atoms with E-state index in [1.807, 2.05) is 17.0 Å². The Bertz CT molecular complexity index is 703. The molecule has 2 aromatic rings. The van der Waals surface area contributed by atoms with E-state index in [9.17, 15) is 4.79 Å². The molecule has 1 amide bonds. The van der Waals surface area contributed by atoms with Crippen LogP contribution in [0.3, 0.4) is 0 Å². The van der Waals surface area contributed by atoms with Crippen molar-refractivity contribution in [2.24, 2.45) is 5.92 Å². The molecule has 3 rings (SSSR count). The summed E-state index contributed by atoms with van der Waals surface area (Å²) in [6, 6.07) is 5.98. The zero-order chi connectivity index (χ0) is 17.1. The lowest BCUT2D eigenvalue weighted by Gasteiger charge is -2.40. The van der Waals surface area contributed by atoms with Crippen molar-refractivity contribution in [2.45, 2.75) is 26.7 Å². The Kier molecular flexibility index (Phi) is 5.23. The number of nitrogens with zero attached hydrogens (tertiary/aromatic N) is 3. The third-order valence-electron chi connectivity index (χ3n) is 4.39. The van der Waals surface area contributed by atoms with E-state index in [1.54, 1.807) is 18.4 Å². The van der Waals surface area contributed by atoms with E-state index in [2.05, 4.69) is 24.8 Å². The molecule has 0 radical (unpaired) electrons. The Morgan fingerprint density at radius 2 is 2.04 bits per heavy atom. The first-order chi connectivity index (χ1) is 11.7. The van der Waals surface area contributed by atoms with Crippen LogP contribution in [-0.2, 0) is 4.79 Å². The van der Waals surface area contributed by atoms with Gasteiger partial charge in [-0.1, -0.05) is 31.3 Å². The van der Waals surface area contributed by atoms with E-state index in [-0.39, 0.29) is 5.92 Å². The van der Waals surface area contributed by atoms with Crippen molar-refractivity contribution >= 4 is 32.6 Å². The Balaban J connectivity index is 1.67. The Hall–Kier alpha value is -1.82. The van der Waals surface area contributed by atoms with Crippen molar-refractivity contribution in [1.82, 2.24) is 9.88 Å². The van der Waals surface area contributed by atoms with Gasteiger partial charge in [0.15, 0.2) is 5.13 Å². The van der Waals surface area contributed by atoms with Crippen LogP contribution < -0.4 is 9.64 Å². The summed E-state index contributed by atoms with van der Waals surface area (Å²) in [6.07, 6.45) is 2.03. The maximum absolute atomic E-state index is 12.6. The lowest BCUT2D eigenvalue weighted by atomic mass is 9.99. The van der Waals surface area contributed by atoms with Gasteiger partial charge in [0.25, 0.3) is 0 Å². The fraction of sp³-hybridized carbons (Fsp3) is 0.556. The van der Waals surface area contributed by atoms with Crippen LogP contribution in [0.25, 0.3) is 10.2 Å². The molecule has 1 fully saturated rings. The minimum Gasteiger partial charge on any atom is -0.494 e. The highest BCUT2D eigenvalue weighted by Crippen LogP contribution is 2.36. The molecule has 0 atom stereocenters. The van der Waals surface area contributed by atoms with Gasteiger partial charge in [-0.05, 0) is 25.0 Å². The number of thiazole rings is 1. The van der Waals surface area contributed by atoms with Crippen LogP contribution in [0, 0.1) is 5.92 Å². The number of carbonyl (C=O) groups excluding carboxylic acids is 1. The number of para-hydroxylation sites is 1. The van der Waals surface area contributed by atoms with Crippen LogP contribution in [0.15, 0.2) is 18.2 Å². The molecule has 0 unspecified atom stereocenters. The molecular formula is C18H25N3O2S. The molecule has 0 N–H and O–H groups in total. The summed E-state index contributed by atoms with van der Waals surface area (Å²) in [7, 11) is 1.67. The Morgan fingerprint density at radius 3 is 2.67 bits per heavy atom. The minimum absolute atomic E-state index is 0.108. The molecule has 0 bridgehead atoms. The lowest BCUT2D eigenvalue weighted by Crippen LogP contribution is -2.55. The molecule has 5 nitrogen and oxygen atoms in total. The zero-order valence-electron chi connectivity index (χ0n) is 14.6. The number of hydrogen-bond donors (Lipinski definition) is 0. The van der Waals surface area contributed by atoms with Gasteiger partial charge < -0.3 is 14.5 Å². The van der Waals surface area contributed by atoms with Gasteiger partial charge in [0.05, 0.1) is 17.7 Å². The second-order valence-corrected chi connectivity index (χ2v) is 7.24. The highest BCUT2D eigenvalue weighted by atomic mass is 32.1. The zero-order valence-corrected chi connectivity index (χ0v) is 15.4. The fourth-order valence-electron chi connectivity index (χ4n) is 3.13. The largest absolute Gasteiger partial charge is 0.494 e. The average molecular weight is 347 g/mol. The van der Waals surface area contributed by atoms with Crippen molar-refractivity contribution < 1.29 is 9.53 Å². The van der Waals surface area contributed by atoms with Crippen molar-refractivity contribution in [3.63, 3.8) is 0 Å². The first-order valence-corrected chi connectivity index (χ1v) is 9.46. The molecule has 1 aliphatic rings. The minimum atomic E-state index is 0.108. The van der Waals surface area contributed by atoms with Gasteiger partial charge in [0.1, 0.15) is 11.3 Å². The van der Waals surface area contributed by atoms with Gasteiger partial charge in [0, 0.05) is 26.2 Å². The number of hydrogen-bond acceptors (Lipinski definition) is 5. The first kappa shape index (κ1) is 17.0. The third kappa shape index (κ3) is 3.20. The van der Waals surface area contributed by atoms with Crippen LogP contribution in [0.4, 0.5) is 5.13 Å². The molecule has 0 saturated carbocycles. The van der Waals surface area contributed by atoms with Gasteiger partial charge >= 0.3 is 0 Å². The van der Waals surface area contributed by atoms with Gasteiger partial charge in [0.2, 0.25) is 5.91 Å². The summed E-state index contributed by atoms with van der Waals surface area (Å²) in [5.41, 5.74) is 0.911. The molecule has 1 aromatic heterocycles. The van der Waals surface area contributed by atoms with E-state index in [1.165, 1.54) is 0 Å². The van der Waals surface area contributed by atoms with Crippen molar-refractivity contribution in [2.75, 3.05) is 38.2 Å². The second kappa shape index (κ2) is 7.38. The Labute approximate surface area is 147 Å². The summed E-state index contributed by atoms with van der Waals surface area (Å²) < 4.78 is 6.50. The SMILES string of the molecule is CCCN(CCC)C(=O)C1CN(c2nc3c(OC)cccc3s2)C1. The number of anilines is 1. The fourth-order valence-corrected chi connectivity index (χ4v) is 4.13. The molecule has 1 aromatic carbocycles. The summed E-state index contributed by atoms with van der Waals surface area (Å²) in [4.78, 5) is 21.5. The van der Waals surface area contributed by atoms with Crippen molar-refractivity contribution in [1.29, 1.82) is 0 Å². The summed E-state index contributed by atoms with van der Waals surface area (Å²) >= 11 is 1.66. The first-order valence-electron chi connectivity index (χ1n) is 8.65. The third-order valence-corrected chi connectivity index (χ3v) is 5.47. The van der Waals surface area contributed by atoms with E-state index in [0.717, 1.165) is 60.1 Å². The molecule has 6 heteroatoms. The number of carbonyl (C=O) groups is 1. The predicted molar refractivity (Wildman–Crippen MR) is 99.0 cm³/mol. The topological polar surface area (TPSA) is 45.7 Å². The van der Waals surface area contributed by atoms with Gasteiger partial charge in [-0.25, -0.2) is 4.98 Å². The van der Waals surface area contributed by atoms with E-state index in [4.69, 9.17) is 9.72 Å². The number of aromatic nitrogens is 1. The monoisotopic (exact) mass is 347 g/mol. The number of ether oxygens (including phenoxy) is 1. The molecule has 2 heterocycles. The highest BCUT2D eigenvalue weighted by Gasteiger charge is 2.36.